The summed E-state index contributed by atoms with van der Waals surface area (Å²) in [4.78, 5) is 29.6. The number of carbonyl (C=O) groups excluding carboxylic acids is 2. The van der Waals surface area contributed by atoms with Crippen molar-refractivity contribution >= 4 is 11.8 Å². The molecule has 0 spiro atoms. The number of rotatable bonds is 6. The van der Waals surface area contributed by atoms with Crippen LogP contribution in [0.25, 0.3) is 0 Å². The monoisotopic (exact) mass is 441 g/mol. The molecule has 8 heteroatoms. The Morgan fingerprint density at radius 2 is 1.81 bits per heavy atom. The Kier molecular flexibility index (Phi) is 6.87. The van der Waals surface area contributed by atoms with Gasteiger partial charge in [-0.25, -0.2) is 8.78 Å². The first kappa shape index (κ1) is 22.9. The lowest BCUT2D eigenvalue weighted by molar-refractivity contribution is -0.133. The maximum atomic E-state index is 13.7. The second-order valence-corrected chi connectivity index (χ2v) is 10.3. The van der Waals surface area contributed by atoms with E-state index in [0.717, 1.165) is 32.5 Å². The second-order valence-electron chi connectivity index (χ2n) is 10.3. The molecule has 4 aliphatic rings. The standard InChI is InChI=1S/C23H37F2N3O3/c1-15(2)26-20(29)11-16-13-28(17-5-7-23(24,25)8-6-17)18-14-31-19(22(16)18)12-21(30)27-9-3-4-10-27/h15-19,22H,3-14H2,1-2H3,(H,26,29)/t16-,18-,19+,22-/m1/s1. The topological polar surface area (TPSA) is 61.9 Å². The quantitative estimate of drug-likeness (QED) is 0.689. The number of halogens is 2. The average molecular weight is 442 g/mol. The predicted octanol–water partition coefficient (Wildman–Crippen LogP) is 2.81. The van der Waals surface area contributed by atoms with Crippen LogP contribution in [0.2, 0.25) is 0 Å². The molecule has 0 aromatic carbocycles. The molecule has 3 heterocycles. The van der Waals surface area contributed by atoms with Gasteiger partial charge in [0.2, 0.25) is 17.7 Å². The number of fused-ring (bicyclic) bond motifs is 1. The van der Waals surface area contributed by atoms with Gasteiger partial charge >= 0.3 is 0 Å². The van der Waals surface area contributed by atoms with Gasteiger partial charge in [0.15, 0.2) is 0 Å². The summed E-state index contributed by atoms with van der Waals surface area (Å²) in [6.07, 6.45) is 3.52. The number of nitrogens with zero attached hydrogens (tertiary/aromatic N) is 2. The van der Waals surface area contributed by atoms with Crippen LogP contribution in [0, 0.1) is 11.8 Å². The van der Waals surface area contributed by atoms with Crippen molar-refractivity contribution in [1.82, 2.24) is 15.1 Å². The van der Waals surface area contributed by atoms with Crippen LogP contribution < -0.4 is 5.32 Å². The SMILES string of the molecule is CC(C)NC(=O)C[C@@H]1CN(C2CCC(F)(F)CC2)[C@@H]2CO[C@@H](CC(=O)N3CCCC3)[C@H]12. The Morgan fingerprint density at radius 1 is 1.13 bits per heavy atom. The van der Waals surface area contributed by atoms with Gasteiger partial charge < -0.3 is 15.0 Å². The lowest BCUT2D eigenvalue weighted by Gasteiger charge is -2.37. The van der Waals surface area contributed by atoms with E-state index in [1.165, 1.54) is 0 Å². The van der Waals surface area contributed by atoms with Gasteiger partial charge in [0.1, 0.15) is 0 Å². The van der Waals surface area contributed by atoms with Crippen molar-refractivity contribution in [3.8, 4) is 0 Å². The average Bonchev–Trinajstić information content (AvgIpc) is 3.41. The Balaban J connectivity index is 1.46. The summed E-state index contributed by atoms with van der Waals surface area (Å²) in [5, 5.41) is 2.98. The third-order valence-electron chi connectivity index (χ3n) is 7.66. The van der Waals surface area contributed by atoms with Crippen LogP contribution in [0.4, 0.5) is 8.78 Å². The largest absolute Gasteiger partial charge is 0.376 e. The van der Waals surface area contributed by atoms with Gasteiger partial charge in [0.05, 0.1) is 19.1 Å². The molecule has 176 valence electrons. The summed E-state index contributed by atoms with van der Waals surface area (Å²) < 4.78 is 33.6. The highest BCUT2D eigenvalue weighted by molar-refractivity contribution is 5.77. The van der Waals surface area contributed by atoms with Gasteiger partial charge in [-0.15, -0.1) is 0 Å². The molecule has 1 saturated carbocycles. The zero-order valence-electron chi connectivity index (χ0n) is 18.8. The van der Waals surface area contributed by atoms with E-state index in [1.807, 2.05) is 18.7 Å². The number of hydrogen-bond acceptors (Lipinski definition) is 4. The van der Waals surface area contributed by atoms with Crippen molar-refractivity contribution in [3.05, 3.63) is 0 Å². The van der Waals surface area contributed by atoms with Crippen molar-refractivity contribution < 1.29 is 23.1 Å². The smallest absolute Gasteiger partial charge is 0.248 e. The van der Waals surface area contributed by atoms with Crippen molar-refractivity contribution in [2.45, 2.75) is 95.4 Å². The minimum atomic E-state index is -2.55. The fraction of sp³-hybridized carbons (Fsp3) is 0.913. The van der Waals surface area contributed by atoms with Crippen molar-refractivity contribution in [3.63, 3.8) is 0 Å². The molecule has 1 N–H and O–H groups in total. The lowest BCUT2D eigenvalue weighted by Crippen LogP contribution is -2.45. The zero-order chi connectivity index (χ0) is 22.2. The lowest BCUT2D eigenvalue weighted by atomic mass is 9.84. The fourth-order valence-electron chi connectivity index (χ4n) is 6.21. The summed E-state index contributed by atoms with van der Waals surface area (Å²) in [5.41, 5.74) is 0. The van der Waals surface area contributed by atoms with Crippen LogP contribution >= 0.6 is 0 Å². The summed E-state index contributed by atoms with van der Waals surface area (Å²) in [7, 11) is 0. The summed E-state index contributed by atoms with van der Waals surface area (Å²) in [6.45, 7) is 6.79. The van der Waals surface area contributed by atoms with Crippen molar-refractivity contribution in [1.29, 1.82) is 0 Å². The molecule has 4 atom stereocenters. The molecule has 0 aromatic heterocycles. The molecule has 3 saturated heterocycles. The van der Waals surface area contributed by atoms with Gasteiger partial charge in [0.25, 0.3) is 0 Å². The highest BCUT2D eigenvalue weighted by atomic mass is 19.3. The number of alkyl halides is 2. The van der Waals surface area contributed by atoms with Crippen LogP contribution in [0.1, 0.15) is 65.2 Å². The van der Waals surface area contributed by atoms with Gasteiger partial charge in [-0.1, -0.05) is 0 Å². The number of ether oxygens (including phenoxy) is 1. The Labute approximate surface area is 184 Å². The van der Waals surface area contributed by atoms with E-state index < -0.39 is 5.92 Å². The first-order valence-electron chi connectivity index (χ1n) is 12.1. The first-order chi connectivity index (χ1) is 14.7. The molecular weight excluding hydrogens is 404 g/mol. The third kappa shape index (κ3) is 5.21. The van der Waals surface area contributed by atoms with E-state index in [2.05, 4.69) is 10.2 Å². The highest BCUT2D eigenvalue weighted by Crippen LogP contribution is 2.45. The molecule has 31 heavy (non-hydrogen) atoms. The van der Waals surface area contributed by atoms with Crippen molar-refractivity contribution in [2.75, 3.05) is 26.2 Å². The summed E-state index contributed by atoms with van der Waals surface area (Å²) in [5.74, 6) is -2.20. The maximum Gasteiger partial charge on any atom is 0.248 e. The van der Waals surface area contributed by atoms with Crippen LogP contribution in [0.5, 0.6) is 0 Å². The molecule has 3 aliphatic heterocycles. The van der Waals surface area contributed by atoms with Crippen LogP contribution in [0.3, 0.4) is 0 Å². The first-order valence-corrected chi connectivity index (χ1v) is 12.1. The third-order valence-corrected chi connectivity index (χ3v) is 7.66. The second kappa shape index (κ2) is 9.30. The molecule has 0 unspecified atom stereocenters. The van der Waals surface area contributed by atoms with Crippen LogP contribution in [-0.4, -0.2) is 78.0 Å². The summed E-state index contributed by atoms with van der Waals surface area (Å²) in [6, 6.07) is 0.306. The number of nitrogens with one attached hydrogen (secondary N) is 1. The minimum Gasteiger partial charge on any atom is -0.376 e. The molecule has 0 radical (unpaired) electrons. The van der Waals surface area contributed by atoms with Gasteiger partial charge in [-0.2, -0.15) is 0 Å². The van der Waals surface area contributed by atoms with Gasteiger partial charge in [-0.05, 0) is 45.4 Å². The molecule has 1 aliphatic carbocycles. The molecule has 2 amide bonds. The number of hydrogen-bond donors (Lipinski definition) is 1. The Hall–Kier alpha value is -1.28. The molecular formula is C23H37F2N3O3. The fourth-order valence-corrected chi connectivity index (χ4v) is 6.21. The predicted molar refractivity (Wildman–Crippen MR) is 113 cm³/mol. The van der Waals surface area contributed by atoms with Gasteiger partial charge in [-0.3, -0.25) is 14.5 Å². The molecule has 6 nitrogen and oxygen atoms in total. The number of carbonyl (C=O) groups is 2. The molecule has 4 rings (SSSR count). The molecule has 4 fully saturated rings. The van der Waals surface area contributed by atoms with Crippen molar-refractivity contribution in [2.24, 2.45) is 11.8 Å². The number of amides is 2. The zero-order valence-corrected chi connectivity index (χ0v) is 18.8. The normalized spacial score (nSPS) is 33.8. The molecule has 0 bridgehead atoms. The van der Waals surface area contributed by atoms with Crippen LogP contribution in [-0.2, 0) is 14.3 Å². The van der Waals surface area contributed by atoms with Crippen LogP contribution in [0.15, 0.2) is 0 Å². The van der Waals surface area contributed by atoms with E-state index in [4.69, 9.17) is 4.74 Å². The highest BCUT2D eigenvalue weighted by Gasteiger charge is 2.53. The maximum absolute atomic E-state index is 13.7. The van der Waals surface area contributed by atoms with E-state index >= 15 is 0 Å². The van der Waals surface area contributed by atoms with E-state index in [-0.39, 0.29) is 60.7 Å². The minimum absolute atomic E-state index is 0.0206. The van der Waals surface area contributed by atoms with Gasteiger partial charge in [0, 0.05) is 62.9 Å². The van der Waals surface area contributed by atoms with E-state index in [0.29, 0.717) is 32.3 Å². The Morgan fingerprint density at radius 3 is 2.45 bits per heavy atom. The number of likely N-dealkylation sites (tertiary alicyclic amines) is 2. The van der Waals surface area contributed by atoms with E-state index in [9.17, 15) is 18.4 Å². The summed E-state index contributed by atoms with van der Waals surface area (Å²) >= 11 is 0. The molecule has 0 aromatic rings. The van der Waals surface area contributed by atoms with E-state index in [1.54, 1.807) is 0 Å². The Bertz CT molecular complexity index is 658.